The van der Waals surface area contributed by atoms with E-state index in [0.29, 0.717) is 0 Å². The Balaban J connectivity index is 1.62. The van der Waals surface area contributed by atoms with Gasteiger partial charge in [0.2, 0.25) is 0 Å². The average molecular weight is 379 g/mol. The number of fused-ring (bicyclic) bond motifs is 2. The Morgan fingerprint density at radius 3 is 2.48 bits per heavy atom. The predicted molar refractivity (Wildman–Crippen MR) is 120 cm³/mol. The molecule has 5 rings (SSSR count). The molecule has 0 atom stereocenters. The van der Waals surface area contributed by atoms with Crippen LogP contribution in [0.5, 0.6) is 0 Å². The van der Waals surface area contributed by atoms with Crippen molar-refractivity contribution in [2.45, 2.75) is 0 Å². The first-order chi connectivity index (χ1) is 14.2. The van der Waals surface area contributed by atoms with Crippen molar-refractivity contribution in [3.05, 3.63) is 85.1 Å². The van der Waals surface area contributed by atoms with Gasteiger partial charge in [-0.1, -0.05) is 42.5 Å². The van der Waals surface area contributed by atoms with Crippen molar-refractivity contribution in [3.63, 3.8) is 0 Å². The topological polar surface area (TPSA) is 45.5 Å². The van der Waals surface area contributed by atoms with E-state index in [-0.39, 0.29) is 0 Å². The van der Waals surface area contributed by atoms with Gasteiger partial charge in [-0.15, -0.1) is 0 Å². The summed E-state index contributed by atoms with van der Waals surface area (Å²) in [6, 6.07) is 27.0. The fraction of sp³-hybridized carbons (Fsp3) is 0.0833. The molecule has 0 spiro atoms. The molecule has 0 bridgehead atoms. The second kappa shape index (κ2) is 6.95. The quantitative estimate of drug-likeness (QED) is 0.457. The highest BCUT2D eigenvalue weighted by molar-refractivity contribution is 5.96. The van der Waals surface area contributed by atoms with Crippen LogP contribution in [0.25, 0.3) is 27.7 Å². The number of nitrogens with zero attached hydrogens (tertiary/aromatic N) is 4. The second-order valence-corrected chi connectivity index (χ2v) is 7.22. The minimum atomic E-state index is 0.808. The lowest BCUT2D eigenvalue weighted by Gasteiger charge is -2.14. The number of nitrogens with one attached hydrogen (secondary N) is 1. The van der Waals surface area contributed by atoms with Gasteiger partial charge in [-0.05, 0) is 35.0 Å². The lowest BCUT2D eigenvalue weighted by Crippen LogP contribution is -2.08. The molecular formula is C24H21N5. The molecule has 29 heavy (non-hydrogen) atoms. The molecule has 5 aromatic rings. The number of rotatable bonds is 4. The highest BCUT2D eigenvalue weighted by Crippen LogP contribution is 2.30. The van der Waals surface area contributed by atoms with Gasteiger partial charge in [0.1, 0.15) is 5.82 Å². The van der Waals surface area contributed by atoms with E-state index >= 15 is 0 Å². The van der Waals surface area contributed by atoms with Crippen LogP contribution in [0.3, 0.4) is 0 Å². The zero-order valence-electron chi connectivity index (χ0n) is 16.4. The van der Waals surface area contributed by atoms with Crippen LogP contribution >= 0.6 is 0 Å². The number of aromatic nitrogens is 3. The highest BCUT2D eigenvalue weighted by Gasteiger charge is 2.11. The molecule has 0 unspecified atom stereocenters. The molecule has 0 saturated carbocycles. The number of anilines is 3. The third-order valence-electron chi connectivity index (χ3n) is 5.08. The maximum absolute atomic E-state index is 4.85. The van der Waals surface area contributed by atoms with Gasteiger partial charge in [-0.2, -0.15) is 9.61 Å². The molecule has 2 aromatic heterocycles. The van der Waals surface area contributed by atoms with Crippen LogP contribution in [0, 0.1) is 0 Å². The van der Waals surface area contributed by atoms with E-state index in [4.69, 9.17) is 4.98 Å². The zero-order valence-corrected chi connectivity index (χ0v) is 16.4. The molecule has 1 N–H and O–H groups in total. The second-order valence-electron chi connectivity index (χ2n) is 7.22. The Labute approximate surface area is 169 Å². The summed E-state index contributed by atoms with van der Waals surface area (Å²) in [4.78, 5) is 6.93. The van der Waals surface area contributed by atoms with Gasteiger partial charge in [0, 0.05) is 43.2 Å². The van der Waals surface area contributed by atoms with Crippen LogP contribution in [0.4, 0.5) is 17.2 Å². The van der Waals surface area contributed by atoms with Crippen molar-refractivity contribution < 1.29 is 0 Å². The molecule has 3 aromatic carbocycles. The van der Waals surface area contributed by atoms with Crippen LogP contribution < -0.4 is 10.2 Å². The number of benzene rings is 3. The molecule has 0 aliphatic carbocycles. The van der Waals surface area contributed by atoms with E-state index in [1.54, 1.807) is 6.20 Å². The average Bonchev–Trinajstić information content (AvgIpc) is 3.23. The molecule has 0 fully saturated rings. The third-order valence-corrected chi connectivity index (χ3v) is 5.08. The van der Waals surface area contributed by atoms with Crippen molar-refractivity contribution in [3.8, 4) is 11.3 Å². The SMILES string of the molecule is CN(C)c1ccc(Nc2cc(-c3cccc4ccccc34)nc3ccnn23)cc1. The molecule has 0 aliphatic heterocycles. The van der Waals surface area contributed by atoms with Crippen LogP contribution in [0.15, 0.2) is 85.1 Å². The normalized spacial score (nSPS) is 11.1. The molecule has 0 saturated heterocycles. The van der Waals surface area contributed by atoms with E-state index in [1.165, 1.54) is 10.8 Å². The minimum absolute atomic E-state index is 0.808. The molecule has 0 amide bonds. The van der Waals surface area contributed by atoms with Gasteiger partial charge in [0.05, 0.1) is 11.9 Å². The van der Waals surface area contributed by atoms with Gasteiger partial charge >= 0.3 is 0 Å². The summed E-state index contributed by atoms with van der Waals surface area (Å²) in [6.07, 6.45) is 1.77. The fourth-order valence-corrected chi connectivity index (χ4v) is 3.58. The lowest BCUT2D eigenvalue weighted by molar-refractivity contribution is 0.949. The molecule has 0 radical (unpaired) electrons. The molecule has 142 valence electrons. The standard InChI is InChI=1S/C24H21N5/c1-28(2)19-12-10-18(11-13-19)26-24-16-22(27-23-14-15-25-29(23)24)21-9-5-7-17-6-3-4-8-20(17)21/h3-16,26H,1-2H3. The summed E-state index contributed by atoms with van der Waals surface area (Å²) in [5, 5.41) is 10.3. The largest absolute Gasteiger partial charge is 0.378 e. The van der Waals surface area contributed by atoms with Gasteiger partial charge in [-0.3, -0.25) is 0 Å². The van der Waals surface area contributed by atoms with E-state index in [2.05, 4.69) is 88.1 Å². The summed E-state index contributed by atoms with van der Waals surface area (Å²) in [6.45, 7) is 0. The van der Waals surface area contributed by atoms with Crippen LogP contribution in [0.2, 0.25) is 0 Å². The molecule has 0 aliphatic rings. The monoisotopic (exact) mass is 379 g/mol. The smallest absolute Gasteiger partial charge is 0.157 e. The highest BCUT2D eigenvalue weighted by atomic mass is 15.3. The van der Waals surface area contributed by atoms with E-state index < -0.39 is 0 Å². The third kappa shape index (κ3) is 3.17. The van der Waals surface area contributed by atoms with E-state index in [9.17, 15) is 0 Å². The maximum atomic E-state index is 4.85. The van der Waals surface area contributed by atoms with E-state index in [0.717, 1.165) is 34.1 Å². The van der Waals surface area contributed by atoms with Crippen molar-refractivity contribution in [1.29, 1.82) is 0 Å². The minimum Gasteiger partial charge on any atom is -0.378 e. The number of hydrogen-bond donors (Lipinski definition) is 1. The summed E-state index contributed by atoms with van der Waals surface area (Å²) in [5.74, 6) is 0.875. The fourth-order valence-electron chi connectivity index (χ4n) is 3.58. The summed E-state index contributed by atoms with van der Waals surface area (Å²) in [5.41, 5.74) is 5.00. The summed E-state index contributed by atoms with van der Waals surface area (Å²) < 4.78 is 1.83. The van der Waals surface area contributed by atoms with Crippen LogP contribution in [-0.2, 0) is 0 Å². The maximum Gasteiger partial charge on any atom is 0.157 e. The van der Waals surface area contributed by atoms with Gasteiger partial charge in [0.25, 0.3) is 0 Å². The zero-order chi connectivity index (χ0) is 19.8. The Kier molecular flexibility index (Phi) is 4.13. The summed E-state index contributed by atoms with van der Waals surface area (Å²) >= 11 is 0. The lowest BCUT2D eigenvalue weighted by atomic mass is 10.0. The van der Waals surface area contributed by atoms with Gasteiger partial charge in [-0.25, -0.2) is 4.98 Å². The van der Waals surface area contributed by atoms with Crippen molar-refractivity contribution in [2.24, 2.45) is 0 Å². The summed E-state index contributed by atoms with van der Waals surface area (Å²) in [7, 11) is 4.07. The van der Waals surface area contributed by atoms with Crippen molar-refractivity contribution >= 4 is 33.6 Å². The van der Waals surface area contributed by atoms with Gasteiger partial charge in [0.15, 0.2) is 5.65 Å². The number of hydrogen-bond acceptors (Lipinski definition) is 4. The van der Waals surface area contributed by atoms with Crippen molar-refractivity contribution in [2.75, 3.05) is 24.3 Å². The first-order valence-corrected chi connectivity index (χ1v) is 9.56. The Morgan fingerprint density at radius 1 is 0.862 bits per heavy atom. The molecule has 5 nitrogen and oxygen atoms in total. The van der Waals surface area contributed by atoms with Gasteiger partial charge < -0.3 is 10.2 Å². The molecule has 5 heteroatoms. The molecule has 2 heterocycles. The first-order valence-electron chi connectivity index (χ1n) is 9.56. The molecular weight excluding hydrogens is 358 g/mol. The van der Waals surface area contributed by atoms with E-state index in [1.807, 2.05) is 24.7 Å². The first kappa shape index (κ1) is 17.3. The predicted octanol–water partition coefficient (Wildman–Crippen LogP) is 5.36. The Hall–Kier alpha value is -3.86. The Bertz CT molecular complexity index is 1300. The van der Waals surface area contributed by atoms with Crippen LogP contribution in [-0.4, -0.2) is 28.7 Å². The van der Waals surface area contributed by atoms with Crippen molar-refractivity contribution in [1.82, 2.24) is 14.6 Å². The Morgan fingerprint density at radius 2 is 1.66 bits per heavy atom. The van der Waals surface area contributed by atoms with Crippen LogP contribution in [0.1, 0.15) is 0 Å².